The Kier molecular flexibility index (Phi) is 3.36. The Balaban J connectivity index is 2.07. The van der Waals surface area contributed by atoms with Gasteiger partial charge in [0.15, 0.2) is 16.1 Å². The molecule has 0 amide bonds. The molecule has 3 rings (SSSR count). The molecule has 0 saturated heterocycles. The second-order valence-corrected chi connectivity index (χ2v) is 5.71. The normalized spacial score (nSPS) is 11.1. The molecule has 0 N–H and O–H groups in total. The molecule has 2 aromatic heterocycles. The molecule has 0 aliphatic rings. The first-order chi connectivity index (χ1) is 9.15. The molecule has 19 heavy (non-hydrogen) atoms. The van der Waals surface area contributed by atoms with Crippen LogP contribution >= 0.6 is 31.9 Å². The van der Waals surface area contributed by atoms with Crippen LogP contribution in [0, 0.1) is 6.92 Å². The van der Waals surface area contributed by atoms with Crippen molar-refractivity contribution in [3.63, 3.8) is 0 Å². The third kappa shape index (κ3) is 2.42. The molecule has 0 bridgehead atoms. The Bertz CT molecular complexity index is 737. The van der Waals surface area contributed by atoms with Crippen molar-refractivity contribution in [1.82, 2.24) is 19.6 Å². The van der Waals surface area contributed by atoms with Gasteiger partial charge in [0.2, 0.25) is 0 Å². The van der Waals surface area contributed by atoms with Gasteiger partial charge in [0.25, 0.3) is 0 Å². The van der Waals surface area contributed by atoms with Crippen molar-refractivity contribution < 1.29 is 0 Å². The van der Waals surface area contributed by atoms with Crippen LogP contribution in [0.15, 0.2) is 39.5 Å². The Morgan fingerprint density at radius 2 is 1.79 bits per heavy atom. The highest BCUT2D eigenvalue weighted by Crippen LogP contribution is 2.21. The van der Waals surface area contributed by atoms with Gasteiger partial charge in [-0.1, -0.05) is 30.3 Å². The van der Waals surface area contributed by atoms with Gasteiger partial charge < -0.3 is 0 Å². The van der Waals surface area contributed by atoms with E-state index >= 15 is 0 Å². The standard InChI is InChI=1S/C13H10Br2N4/c1-8-11(14)17-12(15)13-16-10(18-19(8)13)7-9-5-3-2-4-6-9/h2-6H,7H2,1H3. The van der Waals surface area contributed by atoms with E-state index in [1.54, 1.807) is 4.52 Å². The van der Waals surface area contributed by atoms with Crippen molar-refractivity contribution in [2.75, 3.05) is 0 Å². The molecular weight excluding hydrogens is 372 g/mol. The number of halogens is 2. The molecule has 0 aliphatic carbocycles. The summed E-state index contributed by atoms with van der Waals surface area (Å²) in [5.74, 6) is 0.787. The van der Waals surface area contributed by atoms with Gasteiger partial charge in [-0.05, 0) is 44.3 Å². The van der Waals surface area contributed by atoms with Gasteiger partial charge in [-0.15, -0.1) is 0 Å². The molecule has 0 unspecified atom stereocenters. The van der Waals surface area contributed by atoms with E-state index in [0.29, 0.717) is 11.0 Å². The summed E-state index contributed by atoms with van der Waals surface area (Å²) in [6.07, 6.45) is 0.714. The number of aromatic nitrogens is 4. The number of aryl methyl sites for hydroxylation is 1. The smallest absolute Gasteiger partial charge is 0.188 e. The van der Waals surface area contributed by atoms with Gasteiger partial charge in [-0.2, -0.15) is 5.10 Å². The monoisotopic (exact) mass is 380 g/mol. The van der Waals surface area contributed by atoms with Crippen molar-refractivity contribution in [3.8, 4) is 0 Å². The van der Waals surface area contributed by atoms with Gasteiger partial charge in [0.05, 0.1) is 5.69 Å². The van der Waals surface area contributed by atoms with Crippen molar-refractivity contribution in [2.45, 2.75) is 13.3 Å². The van der Waals surface area contributed by atoms with E-state index in [1.807, 2.05) is 25.1 Å². The van der Waals surface area contributed by atoms with Crippen molar-refractivity contribution in [3.05, 3.63) is 56.6 Å². The van der Waals surface area contributed by atoms with Crippen LogP contribution < -0.4 is 0 Å². The maximum atomic E-state index is 4.53. The maximum Gasteiger partial charge on any atom is 0.188 e. The summed E-state index contributed by atoms with van der Waals surface area (Å²) in [4.78, 5) is 8.86. The van der Waals surface area contributed by atoms with Crippen LogP contribution in [0.25, 0.3) is 5.65 Å². The highest BCUT2D eigenvalue weighted by Gasteiger charge is 2.13. The van der Waals surface area contributed by atoms with Gasteiger partial charge in [-0.3, -0.25) is 0 Å². The lowest BCUT2D eigenvalue weighted by Crippen LogP contribution is -1.98. The van der Waals surface area contributed by atoms with E-state index in [2.05, 4.69) is 59.1 Å². The zero-order chi connectivity index (χ0) is 13.4. The lowest BCUT2D eigenvalue weighted by Gasteiger charge is -2.00. The quantitative estimate of drug-likeness (QED) is 0.681. The SMILES string of the molecule is Cc1c(Br)nc(Br)c2nc(Cc3ccccc3)nn12. The number of nitrogens with zero attached hydrogens (tertiary/aromatic N) is 4. The molecule has 3 aromatic rings. The van der Waals surface area contributed by atoms with Gasteiger partial charge in [-0.25, -0.2) is 14.5 Å². The third-order valence-corrected chi connectivity index (χ3v) is 4.14. The second-order valence-electron chi connectivity index (χ2n) is 4.20. The van der Waals surface area contributed by atoms with Gasteiger partial charge >= 0.3 is 0 Å². The van der Waals surface area contributed by atoms with Crippen molar-refractivity contribution in [1.29, 1.82) is 0 Å². The first kappa shape index (κ1) is 12.7. The van der Waals surface area contributed by atoms with Gasteiger partial charge in [0, 0.05) is 6.42 Å². The molecule has 4 nitrogen and oxygen atoms in total. The number of hydrogen-bond donors (Lipinski definition) is 0. The molecule has 6 heteroatoms. The molecule has 0 spiro atoms. The molecule has 0 fully saturated rings. The molecule has 1 aromatic carbocycles. The van der Waals surface area contributed by atoms with E-state index in [0.717, 1.165) is 21.8 Å². The minimum absolute atomic E-state index is 0.691. The van der Waals surface area contributed by atoms with Crippen LogP contribution in [0.3, 0.4) is 0 Å². The number of hydrogen-bond acceptors (Lipinski definition) is 3. The summed E-state index contributed by atoms with van der Waals surface area (Å²) < 4.78 is 3.26. The lowest BCUT2D eigenvalue weighted by molar-refractivity contribution is 0.850. The molecule has 0 aliphatic heterocycles. The molecule has 2 heterocycles. The minimum atomic E-state index is 0.691. The summed E-state index contributed by atoms with van der Waals surface area (Å²) in [7, 11) is 0. The van der Waals surface area contributed by atoms with Gasteiger partial charge in [0.1, 0.15) is 4.60 Å². The summed E-state index contributed by atoms with van der Waals surface area (Å²) in [6, 6.07) is 10.2. The van der Waals surface area contributed by atoms with E-state index < -0.39 is 0 Å². The number of benzene rings is 1. The highest BCUT2D eigenvalue weighted by molar-refractivity contribution is 9.11. The summed E-state index contributed by atoms with van der Waals surface area (Å²) in [6.45, 7) is 1.96. The summed E-state index contributed by atoms with van der Waals surface area (Å²) >= 11 is 6.83. The zero-order valence-corrected chi connectivity index (χ0v) is 13.3. The van der Waals surface area contributed by atoms with E-state index in [1.165, 1.54) is 5.56 Å². The highest BCUT2D eigenvalue weighted by atomic mass is 79.9. The number of fused-ring (bicyclic) bond motifs is 1. The fourth-order valence-corrected chi connectivity index (χ4v) is 2.90. The number of rotatable bonds is 2. The third-order valence-electron chi connectivity index (χ3n) is 2.85. The fourth-order valence-electron chi connectivity index (χ4n) is 1.88. The first-order valence-corrected chi connectivity index (χ1v) is 7.35. The van der Waals surface area contributed by atoms with Crippen LogP contribution in [0.5, 0.6) is 0 Å². The van der Waals surface area contributed by atoms with Crippen LogP contribution in [0.4, 0.5) is 0 Å². The Morgan fingerprint density at radius 3 is 2.53 bits per heavy atom. The average Bonchev–Trinajstić information content (AvgIpc) is 2.82. The maximum absolute atomic E-state index is 4.53. The molecule has 0 atom stereocenters. The lowest BCUT2D eigenvalue weighted by atomic mass is 10.1. The molecular formula is C13H10Br2N4. The Labute approximate surface area is 127 Å². The van der Waals surface area contributed by atoms with Crippen molar-refractivity contribution in [2.24, 2.45) is 0 Å². The summed E-state index contributed by atoms with van der Waals surface area (Å²) in [5.41, 5.74) is 2.87. The van der Waals surface area contributed by atoms with E-state index in [-0.39, 0.29) is 0 Å². The first-order valence-electron chi connectivity index (χ1n) is 5.76. The molecule has 96 valence electrons. The average molecular weight is 382 g/mol. The largest absolute Gasteiger partial charge is 0.228 e. The van der Waals surface area contributed by atoms with E-state index in [4.69, 9.17) is 0 Å². The molecule has 0 radical (unpaired) electrons. The molecule has 0 saturated carbocycles. The Morgan fingerprint density at radius 1 is 1.05 bits per heavy atom. The van der Waals surface area contributed by atoms with Crippen LogP contribution in [0.1, 0.15) is 17.1 Å². The van der Waals surface area contributed by atoms with Crippen molar-refractivity contribution >= 4 is 37.5 Å². The second kappa shape index (κ2) is 5.02. The predicted molar refractivity (Wildman–Crippen MR) is 80.2 cm³/mol. The minimum Gasteiger partial charge on any atom is -0.228 e. The Hall–Kier alpha value is -1.27. The zero-order valence-electron chi connectivity index (χ0n) is 10.1. The topological polar surface area (TPSA) is 43.1 Å². The predicted octanol–water partition coefficient (Wildman–Crippen LogP) is 3.55. The van der Waals surface area contributed by atoms with Crippen LogP contribution in [0.2, 0.25) is 0 Å². The van der Waals surface area contributed by atoms with E-state index in [9.17, 15) is 0 Å². The fraction of sp³-hybridized carbons (Fsp3) is 0.154. The van der Waals surface area contributed by atoms with Crippen LogP contribution in [-0.4, -0.2) is 19.6 Å². The summed E-state index contributed by atoms with van der Waals surface area (Å²) in [5, 5.41) is 4.53. The van der Waals surface area contributed by atoms with Crippen LogP contribution in [-0.2, 0) is 6.42 Å².